The molecular formula is C42H49N2O11P. The van der Waals surface area contributed by atoms with E-state index in [-0.39, 0.29) is 64.8 Å². The van der Waals surface area contributed by atoms with E-state index in [0.717, 1.165) is 11.1 Å². The molecule has 4 bridgehead atoms. The molecule has 7 atom stereocenters. The van der Waals surface area contributed by atoms with Crippen LogP contribution < -0.4 is 14.0 Å². The number of Topliss-reactive ketones (excluding diaryl/α,β-unsaturated/α-hetero) is 1. The van der Waals surface area contributed by atoms with Gasteiger partial charge in [0, 0.05) is 40.9 Å². The maximum Gasteiger partial charge on any atom is 0.524 e. The van der Waals surface area contributed by atoms with Crippen molar-refractivity contribution in [3.63, 3.8) is 0 Å². The molecule has 3 N–H and O–H groups in total. The molecule has 3 saturated carbocycles. The summed E-state index contributed by atoms with van der Waals surface area (Å²) in [5.74, 6) is -4.54. The highest BCUT2D eigenvalue weighted by Crippen LogP contribution is 2.74. The monoisotopic (exact) mass is 788 g/mol. The number of benzene rings is 1. The highest BCUT2D eigenvalue weighted by atomic mass is 31.2. The van der Waals surface area contributed by atoms with Crippen LogP contribution in [0.3, 0.4) is 0 Å². The number of phosphoric acid groups is 1. The van der Waals surface area contributed by atoms with Crippen molar-refractivity contribution in [2.24, 2.45) is 23.7 Å². The van der Waals surface area contributed by atoms with Crippen LogP contribution in [-0.2, 0) is 34.8 Å². The van der Waals surface area contributed by atoms with E-state index in [9.17, 15) is 24.4 Å². The minimum absolute atomic E-state index is 0.0317. The lowest BCUT2D eigenvalue weighted by molar-refractivity contribution is -0.183. The van der Waals surface area contributed by atoms with Crippen LogP contribution in [0, 0.1) is 40.4 Å². The molecule has 1 saturated heterocycles. The van der Waals surface area contributed by atoms with Gasteiger partial charge in [0.15, 0.2) is 22.7 Å². The van der Waals surface area contributed by atoms with Crippen LogP contribution in [0.5, 0.6) is 17.2 Å². The third-order valence-electron chi connectivity index (χ3n) is 12.2. The van der Waals surface area contributed by atoms with Crippen LogP contribution in [0.1, 0.15) is 97.8 Å². The van der Waals surface area contributed by atoms with Gasteiger partial charge in [-0.25, -0.2) is 9.36 Å². The number of carbonyl (C=O) groups excluding carboxylic acids is 2. The number of ether oxygens (including phenoxy) is 5. The average Bonchev–Trinajstić information content (AvgIpc) is 3.25. The molecule has 7 unspecified atom stereocenters. The number of carbonyl (C=O) groups is 2. The molecular weight excluding hydrogens is 739 g/mol. The molecule has 1 aromatic carbocycles. The van der Waals surface area contributed by atoms with Gasteiger partial charge in [0.2, 0.25) is 5.90 Å². The molecule has 0 amide bonds. The average molecular weight is 789 g/mol. The predicted octanol–water partition coefficient (Wildman–Crippen LogP) is 7.46. The number of fused-ring (bicyclic) bond motifs is 3. The van der Waals surface area contributed by atoms with Gasteiger partial charge in [0.05, 0.1) is 24.3 Å². The first kappa shape index (κ1) is 39.8. The van der Waals surface area contributed by atoms with Gasteiger partial charge in [-0.2, -0.15) is 5.26 Å². The Kier molecular flexibility index (Phi) is 9.44. The molecule has 7 aliphatic rings. The molecule has 1 spiro atoms. The van der Waals surface area contributed by atoms with Crippen molar-refractivity contribution in [3.8, 4) is 23.3 Å². The maximum atomic E-state index is 15.2. The smallest absolute Gasteiger partial charge is 0.482 e. The second-order valence-corrected chi connectivity index (χ2v) is 18.1. The third kappa shape index (κ3) is 5.82. The number of methoxy groups -OCH3 is 1. The highest BCUT2D eigenvalue weighted by molar-refractivity contribution is 7.46. The first-order valence-electron chi connectivity index (χ1n) is 18.9. The van der Waals surface area contributed by atoms with E-state index in [1.165, 1.54) is 7.11 Å². The lowest BCUT2D eigenvalue weighted by Crippen LogP contribution is -2.75. The summed E-state index contributed by atoms with van der Waals surface area (Å²) in [6.45, 7) is 15.2. The predicted molar refractivity (Wildman–Crippen MR) is 206 cm³/mol. The molecule has 0 radical (unpaired) electrons. The quantitative estimate of drug-likeness (QED) is 0.0918. The summed E-state index contributed by atoms with van der Waals surface area (Å²) < 4.78 is 51.1. The molecule has 8 rings (SSSR count). The van der Waals surface area contributed by atoms with Gasteiger partial charge in [0.1, 0.15) is 34.3 Å². The number of allylic oxidation sites excluding steroid dienone is 4. The van der Waals surface area contributed by atoms with Crippen molar-refractivity contribution in [2.75, 3.05) is 7.11 Å². The standard InChI is InChI=1S/C42H49N2O11P/c1-21(2)11-10-16-40(8)17-15-25-32(52-40)24(13-12-22(3)4)33-30(34(25)54-56(47,48)49)35-31-29(27(20-43)37(44)51-35)26-19-28-39(6,7)55-41(36(26)45,42(28,31)53-33)18-14-23(5)38(46)50-9/h11-12,14-15,17,26-29,44H,10,13,16,18-19H2,1-9H3,(H2,47,48,49). The molecule has 13 nitrogen and oxygen atoms in total. The minimum atomic E-state index is -5.28. The van der Waals surface area contributed by atoms with Crippen molar-refractivity contribution >= 4 is 37.3 Å². The topological polar surface area (TPSA) is 195 Å². The highest BCUT2D eigenvalue weighted by Gasteiger charge is 2.84. The Morgan fingerprint density at radius 3 is 2.41 bits per heavy atom. The zero-order valence-electron chi connectivity index (χ0n) is 33.2. The Balaban J connectivity index is 1.60. The van der Waals surface area contributed by atoms with Crippen LogP contribution in [-0.4, -0.2) is 57.0 Å². The molecule has 14 heteroatoms. The van der Waals surface area contributed by atoms with Crippen LogP contribution in [0.4, 0.5) is 0 Å². The maximum absolute atomic E-state index is 15.2. The second kappa shape index (κ2) is 13.3. The molecule has 1 aromatic rings. The molecule has 4 fully saturated rings. The minimum Gasteiger partial charge on any atom is -0.482 e. The Labute approximate surface area is 326 Å². The van der Waals surface area contributed by atoms with E-state index in [1.54, 1.807) is 19.1 Å². The van der Waals surface area contributed by atoms with Crippen molar-refractivity contribution in [2.45, 2.75) is 110 Å². The number of nitrogens with one attached hydrogen (secondary N) is 1. The van der Waals surface area contributed by atoms with E-state index >= 15 is 4.79 Å². The Morgan fingerprint density at radius 1 is 1.09 bits per heavy atom. The largest absolute Gasteiger partial charge is 0.524 e. The first-order chi connectivity index (χ1) is 26.1. The Morgan fingerprint density at radius 2 is 1.79 bits per heavy atom. The van der Waals surface area contributed by atoms with Gasteiger partial charge in [-0.15, -0.1) is 0 Å². The number of esters is 1. The number of nitriles is 1. The van der Waals surface area contributed by atoms with E-state index in [4.69, 9.17) is 33.6 Å². The summed E-state index contributed by atoms with van der Waals surface area (Å²) >= 11 is 0. The summed E-state index contributed by atoms with van der Waals surface area (Å²) in [6, 6.07) is 2.20. The number of rotatable bonds is 10. The summed E-state index contributed by atoms with van der Waals surface area (Å²) in [7, 11) is -4.01. The van der Waals surface area contributed by atoms with Crippen molar-refractivity contribution in [1.29, 1.82) is 10.7 Å². The molecule has 0 aromatic heterocycles. The number of nitrogens with zero attached hydrogens (tertiary/aromatic N) is 1. The first-order valence-corrected chi connectivity index (χ1v) is 20.4. The van der Waals surface area contributed by atoms with Crippen LogP contribution in [0.2, 0.25) is 0 Å². The lowest BCUT2D eigenvalue weighted by Gasteiger charge is -2.62. The fourth-order valence-corrected chi connectivity index (χ4v) is 10.3. The number of phosphoric ester groups is 1. The van der Waals surface area contributed by atoms with E-state index < -0.39 is 65.8 Å². The fraction of sp³-hybridized carbons (Fsp3) is 0.524. The van der Waals surface area contributed by atoms with Gasteiger partial charge in [-0.1, -0.05) is 29.4 Å². The molecule has 298 valence electrons. The molecule has 56 heavy (non-hydrogen) atoms. The van der Waals surface area contributed by atoms with Crippen LogP contribution in [0.15, 0.2) is 46.6 Å². The third-order valence-corrected chi connectivity index (χ3v) is 12.7. The Bertz CT molecular complexity index is 2210. The van der Waals surface area contributed by atoms with Crippen molar-refractivity contribution < 1.29 is 52.1 Å². The summed E-state index contributed by atoms with van der Waals surface area (Å²) in [6.07, 6.45) is 10.9. The van der Waals surface area contributed by atoms with Crippen LogP contribution in [0.25, 0.3) is 11.8 Å². The van der Waals surface area contributed by atoms with Gasteiger partial charge in [0.25, 0.3) is 0 Å². The zero-order valence-corrected chi connectivity index (χ0v) is 34.1. The van der Waals surface area contributed by atoms with Crippen molar-refractivity contribution in [1.82, 2.24) is 0 Å². The van der Waals surface area contributed by atoms with Gasteiger partial charge in [-0.05, 0) is 93.2 Å². The van der Waals surface area contributed by atoms with E-state index in [0.29, 0.717) is 24.0 Å². The summed E-state index contributed by atoms with van der Waals surface area (Å²) in [4.78, 5) is 48.7. The molecule has 3 aliphatic carbocycles. The van der Waals surface area contributed by atoms with Crippen molar-refractivity contribution in [3.05, 3.63) is 63.3 Å². The van der Waals surface area contributed by atoms with E-state index in [2.05, 4.69) is 12.1 Å². The number of hydrogen-bond donors (Lipinski definition) is 3. The van der Waals surface area contributed by atoms with E-state index in [1.807, 2.05) is 60.6 Å². The molecule has 4 heterocycles. The van der Waals surface area contributed by atoms with Gasteiger partial charge in [-0.3, -0.25) is 20.0 Å². The normalized spacial score (nSPS) is 31.5. The van der Waals surface area contributed by atoms with Crippen LogP contribution >= 0.6 is 7.82 Å². The molecule has 4 aliphatic heterocycles. The second-order valence-electron chi connectivity index (χ2n) is 16.9. The summed E-state index contributed by atoms with van der Waals surface area (Å²) in [5, 5.41) is 19.6. The van der Waals surface area contributed by atoms with Gasteiger partial charge >= 0.3 is 13.8 Å². The number of hydrogen-bond acceptors (Lipinski definition) is 11. The summed E-state index contributed by atoms with van der Waals surface area (Å²) in [5.41, 5.74) is -1.66. The zero-order chi connectivity index (χ0) is 40.9. The lowest BCUT2D eigenvalue weighted by atomic mass is 9.44. The van der Waals surface area contributed by atoms with Gasteiger partial charge < -0.3 is 28.2 Å². The SMILES string of the molecule is COC(=O)C(C)=CCC12OC(C)(C)C3CC(C1=O)C1C4=C(OC(=N)C1C#N)c1c(OP(=O)(O)O)c5c(c(CC=C(C)C)c1OC432)OC(C)(CCC=C(C)C)C=C5. The number of ketones is 1. The Hall–Kier alpha value is -4.47. The fourth-order valence-electron chi connectivity index (χ4n) is 9.87.